The number of carbonyl (C=O) groups excluding carboxylic acids is 2. The van der Waals surface area contributed by atoms with Gasteiger partial charge in [-0.2, -0.15) is 0 Å². The molecule has 4 nitrogen and oxygen atoms in total. The van der Waals surface area contributed by atoms with Crippen LogP contribution in [0.25, 0.3) is 0 Å². The summed E-state index contributed by atoms with van der Waals surface area (Å²) in [6.07, 6.45) is 3.35. The van der Waals surface area contributed by atoms with Crippen molar-refractivity contribution in [1.29, 1.82) is 0 Å². The SMILES string of the molecule is O=C1CC2(CCCCNC2)C(=O)N1. The van der Waals surface area contributed by atoms with Crippen LogP contribution in [0.15, 0.2) is 0 Å². The van der Waals surface area contributed by atoms with Crippen molar-refractivity contribution in [3.63, 3.8) is 0 Å². The highest BCUT2D eigenvalue weighted by Crippen LogP contribution is 2.33. The van der Waals surface area contributed by atoms with Crippen molar-refractivity contribution in [2.45, 2.75) is 25.7 Å². The van der Waals surface area contributed by atoms with Gasteiger partial charge in [-0.1, -0.05) is 6.42 Å². The van der Waals surface area contributed by atoms with Gasteiger partial charge in [0.05, 0.1) is 5.41 Å². The number of amides is 2. The predicted octanol–water partition coefficient (Wildman–Crippen LogP) is -0.207. The molecule has 0 aromatic rings. The molecule has 2 aliphatic heterocycles. The van der Waals surface area contributed by atoms with Crippen LogP contribution in [0.4, 0.5) is 0 Å². The van der Waals surface area contributed by atoms with Gasteiger partial charge in [-0.05, 0) is 19.4 Å². The van der Waals surface area contributed by atoms with Crippen LogP contribution in [0.1, 0.15) is 25.7 Å². The smallest absolute Gasteiger partial charge is 0.234 e. The molecule has 1 atom stereocenters. The number of carbonyl (C=O) groups is 2. The average Bonchev–Trinajstić information content (AvgIpc) is 2.29. The van der Waals surface area contributed by atoms with Gasteiger partial charge >= 0.3 is 0 Å². The molecule has 0 saturated carbocycles. The first kappa shape index (κ1) is 8.69. The topological polar surface area (TPSA) is 58.2 Å². The van der Waals surface area contributed by atoms with Crippen LogP contribution in [0, 0.1) is 5.41 Å². The monoisotopic (exact) mass is 182 g/mol. The summed E-state index contributed by atoms with van der Waals surface area (Å²) in [4.78, 5) is 22.6. The van der Waals surface area contributed by atoms with E-state index in [0.717, 1.165) is 25.8 Å². The van der Waals surface area contributed by atoms with Crippen LogP contribution in [0.3, 0.4) is 0 Å². The largest absolute Gasteiger partial charge is 0.316 e. The Morgan fingerprint density at radius 3 is 2.77 bits per heavy atom. The lowest BCUT2D eigenvalue weighted by atomic mass is 9.82. The van der Waals surface area contributed by atoms with Gasteiger partial charge in [0, 0.05) is 13.0 Å². The molecule has 2 rings (SSSR count). The van der Waals surface area contributed by atoms with Crippen molar-refractivity contribution in [2.75, 3.05) is 13.1 Å². The lowest BCUT2D eigenvalue weighted by Crippen LogP contribution is -2.39. The second kappa shape index (κ2) is 3.10. The van der Waals surface area contributed by atoms with Gasteiger partial charge in [0.1, 0.15) is 0 Å². The van der Waals surface area contributed by atoms with Crippen molar-refractivity contribution in [3.05, 3.63) is 0 Å². The highest BCUT2D eigenvalue weighted by molar-refractivity contribution is 6.06. The van der Waals surface area contributed by atoms with E-state index in [1.807, 2.05) is 0 Å². The molecule has 0 bridgehead atoms. The molecule has 1 unspecified atom stereocenters. The number of nitrogens with one attached hydrogen (secondary N) is 2. The standard InChI is InChI=1S/C9H14N2O2/c12-7-5-9(8(13)11-7)3-1-2-4-10-6-9/h10H,1-6H2,(H,11,12,13). The van der Waals surface area contributed by atoms with Crippen LogP contribution in [0.2, 0.25) is 0 Å². The molecule has 1 spiro atoms. The summed E-state index contributed by atoms with van der Waals surface area (Å²) >= 11 is 0. The molecular weight excluding hydrogens is 168 g/mol. The Morgan fingerprint density at radius 1 is 1.23 bits per heavy atom. The van der Waals surface area contributed by atoms with Crippen molar-refractivity contribution in [1.82, 2.24) is 10.6 Å². The molecule has 72 valence electrons. The van der Waals surface area contributed by atoms with Gasteiger partial charge in [0.15, 0.2) is 0 Å². The van der Waals surface area contributed by atoms with Crippen molar-refractivity contribution in [3.8, 4) is 0 Å². The lowest BCUT2D eigenvalue weighted by molar-refractivity contribution is -0.128. The third-order valence-electron chi connectivity index (χ3n) is 2.96. The summed E-state index contributed by atoms with van der Waals surface area (Å²) in [5, 5.41) is 5.61. The first-order valence-corrected chi connectivity index (χ1v) is 4.78. The maximum atomic E-state index is 11.5. The van der Waals surface area contributed by atoms with Crippen molar-refractivity contribution in [2.24, 2.45) is 5.41 Å². The van der Waals surface area contributed by atoms with E-state index >= 15 is 0 Å². The van der Waals surface area contributed by atoms with Crippen molar-refractivity contribution >= 4 is 11.8 Å². The zero-order chi connectivity index (χ0) is 9.31. The van der Waals surface area contributed by atoms with E-state index in [0.29, 0.717) is 13.0 Å². The summed E-state index contributed by atoms with van der Waals surface area (Å²) in [6, 6.07) is 0. The number of hydrogen-bond acceptors (Lipinski definition) is 3. The summed E-state index contributed by atoms with van der Waals surface area (Å²) in [5.74, 6) is -0.194. The third-order valence-corrected chi connectivity index (χ3v) is 2.96. The first-order chi connectivity index (χ1) is 6.23. The minimum absolute atomic E-state index is 0.0769. The summed E-state index contributed by atoms with van der Waals surface area (Å²) < 4.78 is 0. The maximum absolute atomic E-state index is 11.5. The molecule has 2 N–H and O–H groups in total. The van der Waals surface area contributed by atoms with Crippen molar-refractivity contribution < 1.29 is 9.59 Å². The molecule has 0 radical (unpaired) electrons. The minimum atomic E-state index is -0.423. The van der Waals surface area contributed by atoms with E-state index in [1.54, 1.807) is 0 Å². The number of hydrogen-bond donors (Lipinski definition) is 2. The molecule has 2 amide bonds. The molecule has 2 fully saturated rings. The van der Waals surface area contributed by atoms with Gasteiger partial charge in [0.2, 0.25) is 11.8 Å². The zero-order valence-corrected chi connectivity index (χ0v) is 7.56. The maximum Gasteiger partial charge on any atom is 0.234 e. The molecule has 0 aromatic heterocycles. The fourth-order valence-electron chi connectivity index (χ4n) is 2.17. The van der Waals surface area contributed by atoms with Gasteiger partial charge in [-0.3, -0.25) is 14.9 Å². The second-order valence-corrected chi connectivity index (χ2v) is 3.97. The lowest BCUT2D eigenvalue weighted by Gasteiger charge is -2.22. The van der Waals surface area contributed by atoms with Gasteiger partial charge < -0.3 is 5.32 Å². The van der Waals surface area contributed by atoms with E-state index in [1.165, 1.54) is 0 Å². The van der Waals surface area contributed by atoms with E-state index in [4.69, 9.17) is 0 Å². The zero-order valence-electron chi connectivity index (χ0n) is 7.56. The molecule has 2 aliphatic rings. The van der Waals surface area contributed by atoms with Crippen LogP contribution < -0.4 is 10.6 Å². The molecule has 2 saturated heterocycles. The summed E-state index contributed by atoms with van der Waals surface area (Å²) in [7, 11) is 0. The van der Waals surface area contributed by atoms with E-state index in [2.05, 4.69) is 10.6 Å². The van der Waals surface area contributed by atoms with Gasteiger partial charge in [-0.15, -0.1) is 0 Å². The number of imide groups is 1. The van der Waals surface area contributed by atoms with Crippen LogP contribution >= 0.6 is 0 Å². The molecule has 2 heterocycles. The predicted molar refractivity (Wildman–Crippen MR) is 46.9 cm³/mol. The van der Waals surface area contributed by atoms with Crippen LogP contribution in [-0.4, -0.2) is 24.9 Å². The fourth-order valence-corrected chi connectivity index (χ4v) is 2.17. The Morgan fingerprint density at radius 2 is 2.08 bits per heavy atom. The molecule has 0 aromatic carbocycles. The van der Waals surface area contributed by atoms with E-state index in [-0.39, 0.29) is 11.8 Å². The van der Waals surface area contributed by atoms with Crippen LogP contribution in [0.5, 0.6) is 0 Å². The number of rotatable bonds is 0. The average molecular weight is 182 g/mol. The first-order valence-electron chi connectivity index (χ1n) is 4.78. The van der Waals surface area contributed by atoms with E-state index < -0.39 is 5.41 Å². The second-order valence-electron chi connectivity index (χ2n) is 3.97. The highest BCUT2D eigenvalue weighted by Gasteiger charge is 2.46. The Hall–Kier alpha value is -0.900. The Labute approximate surface area is 77.1 Å². The molecule has 4 heteroatoms. The highest BCUT2D eigenvalue weighted by atomic mass is 16.2. The molecule has 13 heavy (non-hydrogen) atoms. The normalized spacial score (nSPS) is 34.8. The van der Waals surface area contributed by atoms with Gasteiger partial charge in [-0.25, -0.2) is 0 Å². The quantitative estimate of drug-likeness (QED) is 0.510. The summed E-state index contributed by atoms with van der Waals surface area (Å²) in [6.45, 7) is 1.62. The fraction of sp³-hybridized carbons (Fsp3) is 0.778. The van der Waals surface area contributed by atoms with Crippen LogP contribution in [-0.2, 0) is 9.59 Å². The Bertz CT molecular complexity index is 242. The van der Waals surface area contributed by atoms with Gasteiger partial charge in [0.25, 0.3) is 0 Å². The minimum Gasteiger partial charge on any atom is -0.316 e. The molecular formula is C9H14N2O2. The third kappa shape index (κ3) is 1.46. The Balaban J connectivity index is 2.17. The van der Waals surface area contributed by atoms with E-state index in [9.17, 15) is 9.59 Å². The summed E-state index contributed by atoms with van der Waals surface area (Å²) in [5.41, 5.74) is -0.423. The molecule has 0 aliphatic carbocycles. The Kier molecular flexibility index (Phi) is 2.07.